The van der Waals surface area contributed by atoms with E-state index in [2.05, 4.69) is 4.98 Å². The molecule has 0 saturated heterocycles. The Kier molecular flexibility index (Phi) is 5.09. The van der Waals surface area contributed by atoms with Crippen LogP contribution < -0.4 is 0 Å². The zero-order valence-electron chi connectivity index (χ0n) is 9.33. The average molecular weight is 239 g/mol. The maximum Gasteiger partial charge on any atom is 0.339 e. The molecule has 0 amide bonds. The summed E-state index contributed by atoms with van der Waals surface area (Å²) in [4.78, 5) is 25.9. The molecule has 1 rings (SSSR count). The molecule has 1 aromatic rings. The third kappa shape index (κ3) is 4.60. The molecule has 17 heavy (non-hydrogen) atoms. The monoisotopic (exact) mass is 239 g/mol. The molecule has 1 aromatic heterocycles. The molecule has 0 aromatic carbocycles. The number of hydrogen-bond donors (Lipinski definition) is 1. The molecule has 0 aliphatic heterocycles. The number of carbonyl (C=O) groups is 2. The van der Waals surface area contributed by atoms with Crippen molar-refractivity contribution in [2.75, 3.05) is 13.2 Å². The first-order valence-corrected chi connectivity index (χ1v) is 4.98. The quantitative estimate of drug-likeness (QED) is 0.737. The first kappa shape index (κ1) is 13.1. The molecular weight excluding hydrogens is 226 g/mol. The molecule has 1 N–H and O–H groups in total. The standard InChI is InChI=1S/C11H13NO5/c1-8(14)17-10(6-13)7-16-11(15)9-3-2-4-12-5-9/h2-5,10,13H,6-7H2,1H3. The number of rotatable bonds is 5. The molecule has 6 heteroatoms. The molecule has 0 fully saturated rings. The first-order valence-electron chi connectivity index (χ1n) is 4.98. The predicted molar refractivity (Wildman–Crippen MR) is 57.2 cm³/mol. The van der Waals surface area contributed by atoms with E-state index in [0.717, 1.165) is 0 Å². The van der Waals surface area contributed by atoms with Gasteiger partial charge in [0.25, 0.3) is 0 Å². The van der Waals surface area contributed by atoms with Crippen molar-refractivity contribution in [3.8, 4) is 0 Å². The van der Waals surface area contributed by atoms with E-state index in [4.69, 9.17) is 14.6 Å². The summed E-state index contributed by atoms with van der Waals surface area (Å²) < 4.78 is 9.57. The molecule has 0 aliphatic carbocycles. The smallest absolute Gasteiger partial charge is 0.339 e. The summed E-state index contributed by atoms with van der Waals surface area (Å²) in [5, 5.41) is 8.88. The average Bonchev–Trinajstić information content (AvgIpc) is 2.34. The van der Waals surface area contributed by atoms with E-state index in [-0.39, 0.29) is 6.61 Å². The number of nitrogens with zero attached hydrogens (tertiary/aromatic N) is 1. The first-order chi connectivity index (χ1) is 8.13. The zero-order chi connectivity index (χ0) is 12.7. The maximum atomic E-state index is 11.5. The Morgan fingerprint density at radius 1 is 1.53 bits per heavy atom. The second kappa shape index (κ2) is 6.59. The number of aliphatic hydroxyl groups excluding tert-OH is 1. The van der Waals surface area contributed by atoms with Crippen LogP contribution >= 0.6 is 0 Å². The molecule has 0 spiro atoms. The van der Waals surface area contributed by atoms with Crippen LogP contribution in [0.25, 0.3) is 0 Å². The van der Waals surface area contributed by atoms with Gasteiger partial charge in [-0.3, -0.25) is 9.78 Å². The summed E-state index contributed by atoms with van der Waals surface area (Å²) in [5.74, 6) is -1.12. The Hall–Kier alpha value is -1.95. The summed E-state index contributed by atoms with van der Waals surface area (Å²) >= 11 is 0. The number of pyridine rings is 1. The Balaban J connectivity index is 2.44. The molecule has 6 nitrogen and oxygen atoms in total. The molecule has 0 radical (unpaired) electrons. The second-order valence-corrected chi connectivity index (χ2v) is 3.25. The van der Waals surface area contributed by atoms with E-state index >= 15 is 0 Å². The highest BCUT2D eigenvalue weighted by Crippen LogP contribution is 2.01. The highest BCUT2D eigenvalue weighted by Gasteiger charge is 2.14. The van der Waals surface area contributed by atoms with Gasteiger partial charge in [0, 0.05) is 19.3 Å². The van der Waals surface area contributed by atoms with Crippen molar-refractivity contribution >= 4 is 11.9 Å². The summed E-state index contributed by atoms with van der Waals surface area (Å²) in [6, 6.07) is 3.15. The van der Waals surface area contributed by atoms with Gasteiger partial charge in [-0.1, -0.05) is 0 Å². The van der Waals surface area contributed by atoms with Crippen LogP contribution in [0.15, 0.2) is 24.5 Å². The van der Waals surface area contributed by atoms with Gasteiger partial charge in [-0.2, -0.15) is 0 Å². The number of carbonyl (C=O) groups excluding carboxylic acids is 2. The van der Waals surface area contributed by atoms with Crippen LogP contribution in [0.5, 0.6) is 0 Å². The fraction of sp³-hybridized carbons (Fsp3) is 0.364. The van der Waals surface area contributed by atoms with Crippen molar-refractivity contribution < 1.29 is 24.2 Å². The van der Waals surface area contributed by atoms with Gasteiger partial charge in [0.05, 0.1) is 12.2 Å². The maximum absolute atomic E-state index is 11.5. The van der Waals surface area contributed by atoms with Gasteiger partial charge in [-0.25, -0.2) is 4.79 Å². The van der Waals surface area contributed by atoms with Gasteiger partial charge in [0.2, 0.25) is 0 Å². The SMILES string of the molecule is CC(=O)OC(CO)COC(=O)c1cccnc1. The molecule has 0 aliphatic rings. The number of ether oxygens (including phenoxy) is 2. The van der Waals surface area contributed by atoms with Crippen molar-refractivity contribution in [3.05, 3.63) is 30.1 Å². The van der Waals surface area contributed by atoms with E-state index in [1.807, 2.05) is 0 Å². The molecule has 1 unspecified atom stereocenters. The summed E-state index contributed by atoms with van der Waals surface area (Å²) in [7, 11) is 0. The van der Waals surface area contributed by atoms with Crippen LogP contribution in [0.1, 0.15) is 17.3 Å². The van der Waals surface area contributed by atoms with Crippen molar-refractivity contribution in [2.45, 2.75) is 13.0 Å². The predicted octanol–water partition coefficient (Wildman–Crippen LogP) is 0.162. The van der Waals surface area contributed by atoms with Crippen LogP contribution in [0.3, 0.4) is 0 Å². The Labute approximate surface area is 98.2 Å². The van der Waals surface area contributed by atoms with Gasteiger partial charge in [0.15, 0.2) is 6.10 Å². The number of esters is 2. The van der Waals surface area contributed by atoms with E-state index in [1.165, 1.54) is 19.3 Å². The lowest BCUT2D eigenvalue weighted by Crippen LogP contribution is -2.27. The number of aromatic nitrogens is 1. The number of hydrogen-bond acceptors (Lipinski definition) is 6. The van der Waals surface area contributed by atoms with E-state index < -0.39 is 24.6 Å². The molecule has 0 bridgehead atoms. The minimum atomic E-state index is -0.840. The van der Waals surface area contributed by atoms with Crippen LogP contribution in [-0.4, -0.2) is 41.3 Å². The molecular formula is C11H13NO5. The topological polar surface area (TPSA) is 85.7 Å². The summed E-state index contributed by atoms with van der Waals surface area (Å²) in [6.45, 7) is 0.620. The minimum absolute atomic E-state index is 0.191. The van der Waals surface area contributed by atoms with E-state index in [1.54, 1.807) is 12.1 Å². The summed E-state index contributed by atoms with van der Waals surface area (Å²) in [6.07, 6.45) is 2.06. The van der Waals surface area contributed by atoms with Gasteiger partial charge >= 0.3 is 11.9 Å². The fourth-order valence-electron chi connectivity index (χ4n) is 1.09. The highest BCUT2D eigenvalue weighted by molar-refractivity contribution is 5.88. The van der Waals surface area contributed by atoms with Gasteiger partial charge < -0.3 is 14.6 Å². The summed E-state index contributed by atoms with van der Waals surface area (Å²) in [5.41, 5.74) is 0.298. The van der Waals surface area contributed by atoms with Crippen molar-refractivity contribution in [1.29, 1.82) is 0 Å². The van der Waals surface area contributed by atoms with Gasteiger partial charge in [0.1, 0.15) is 6.61 Å². The Morgan fingerprint density at radius 2 is 2.29 bits per heavy atom. The normalized spacial score (nSPS) is 11.6. The second-order valence-electron chi connectivity index (χ2n) is 3.25. The lowest BCUT2D eigenvalue weighted by atomic mass is 10.3. The van der Waals surface area contributed by atoms with Gasteiger partial charge in [-0.15, -0.1) is 0 Å². The van der Waals surface area contributed by atoms with Gasteiger partial charge in [-0.05, 0) is 12.1 Å². The van der Waals surface area contributed by atoms with Crippen LogP contribution in [0, 0.1) is 0 Å². The van der Waals surface area contributed by atoms with Crippen LogP contribution in [0.2, 0.25) is 0 Å². The lowest BCUT2D eigenvalue weighted by Gasteiger charge is -2.14. The van der Waals surface area contributed by atoms with E-state index in [0.29, 0.717) is 5.56 Å². The molecule has 1 atom stereocenters. The third-order valence-electron chi connectivity index (χ3n) is 1.83. The molecule has 92 valence electrons. The Morgan fingerprint density at radius 3 is 2.82 bits per heavy atom. The molecule has 0 saturated carbocycles. The van der Waals surface area contributed by atoms with Crippen LogP contribution in [0.4, 0.5) is 0 Å². The number of aliphatic hydroxyl groups is 1. The lowest BCUT2D eigenvalue weighted by molar-refractivity contribution is -0.150. The van der Waals surface area contributed by atoms with E-state index in [9.17, 15) is 9.59 Å². The van der Waals surface area contributed by atoms with Crippen molar-refractivity contribution in [1.82, 2.24) is 4.98 Å². The Bertz CT molecular complexity index is 379. The van der Waals surface area contributed by atoms with Crippen molar-refractivity contribution in [2.24, 2.45) is 0 Å². The fourth-order valence-corrected chi connectivity index (χ4v) is 1.09. The van der Waals surface area contributed by atoms with Crippen LogP contribution in [-0.2, 0) is 14.3 Å². The third-order valence-corrected chi connectivity index (χ3v) is 1.83. The largest absolute Gasteiger partial charge is 0.458 e. The highest BCUT2D eigenvalue weighted by atomic mass is 16.6. The minimum Gasteiger partial charge on any atom is -0.458 e. The zero-order valence-corrected chi connectivity index (χ0v) is 9.33. The van der Waals surface area contributed by atoms with Crippen molar-refractivity contribution in [3.63, 3.8) is 0 Å². The molecule has 1 heterocycles.